The van der Waals surface area contributed by atoms with E-state index in [2.05, 4.69) is 15.6 Å². The van der Waals surface area contributed by atoms with Crippen LogP contribution in [-0.4, -0.2) is 41.3 Å². The minimum absolute atomic E-state index is 0.0480. The van der Waals surface area contributed by atoms with Gasteiger partial charge in [0.05, 0.1) is 21.3 Å². The van der Waals surface area contributed by atoms with Gasteiger partial charge in [0.2, 0.25) is 5.88 Å². The number of thiophene rings is 1. The van der Waals surface area contributed by atoms with Gasteiger partial charge in [-0.15, -0.1) is 11.3 Å². The Hall–Kier alpha value is -2.56. The number of aromatic nitrogens is 1. The smallest absolute Gasteiger partial charge is 0.418 e. The molecule has 2 amide bonds. The molecule has 146 valence electrons. The molecule has 1 aliphatic carbocycles. The summed E-state index contributed by atoms with van der Waals surface area (Å²) in [5.74, 6) is -0.733. The van der Waals surface area contributed by atoms with Crippen molar-refractivity contribution in [2.45, 2.75) is 38.1 Å². The molecule has 0 bridgehead atoms. The highest BCUT2D eigenvalue weighted by atomic mass is 32.1. The van der Waals surface area contributed by atoms with Gasteiger partial charge in [-0.1, -0.05) is 0 Å². The normalized spacial score (nSPS) is 19.4. The molecule has 0 atom stereocenters. The van der Waals surface area contributed by atoms with Gasteiger partial charge in [0.15, 0.2) is 0 Å². The first-order valence-corrected chi connectivity index (χ1v) is 8.87. The highest BCUT2D eigenvalue weighted by molar-refractivity contribution is 7.17. The summed E-state index contributed by atoms with van der Waals surface area (Å²) in [7, 11) is 1.38. The number of hydrogen-bond acceptors (Lipinski definition) is 5. The monoisotopic (exact) mass is 403 g/mol. The summed E-state index contributed by atoms with van der Waals surface area (Å²) < 4.78 is 46.4. The fraction of sp³-hybridized carbons (Fsp3) is 0.438. The minimum atomic E-state index is -4.64. The third-order valence-electron chi connectivity index (χ3n) is 4.36. The van der Waals surface area contributed by atoms with Crippen LogP contribution in [-0.2, 0) is 6.18 Å². The van der Waals surface area contributed by atoms with Gasteiger partial charge in [-0.05, 0) is 6.92 Å². The van der Waals surface area contributed by atoms with Crippen LogP contribution in [0.15, 0.2) is 5.38 Å². The van der Waals surface area contributed by atoms with Gasteiger partial charge in [-0.25, -0.2) is 9.78 Å². The summed E-state index contributed by atoms with van der Waals surface area (Å²) in [5, 5.41) is 14.7. The van der Waals surface area contributed by atoms with E-state index in [0.29, 0.717) is 12.8 Å². The summed E-state index contributed by atoms with van der Waals surface area (Å²) in [6.07, 6.45) is -5.59. The fourth-order valence-corrected chi connectivity index (χ4v) is 4.08. The second-order valence-electron chi connectivity index (χ2n) is 6.18. The molecule has 1 fully saturated rings. The van der Waals surface area contributed by atoms with E-state index in [0.717, 1.165) is 11.3 Å². The van der Waals surface area contributed by atoms with Crippen molar-refractivity contribution in [2.24, 2.45) is 0 Å². The average Bonchev–Trinajstić information content (AvgIpc) is 2.93. The Morgan fingerprint density at radius 3 is 2.59 bits per heavy atom. The number of nitrogens with one attached hydrogen (secondary N) is 2. The molecule has 27 heavy (non-hydrogen) atoms. The van der Waals surface area contributed by atoms with Crippen LogP contribution in [0.25, 0.3) is 10.2 Å². The van der Waals surface area contributed by atoms with Gasteiger partial charge in [0.25, 0.3) is 5.91 Å². The van der Waals surface area contributed by atoms with Crippen molar-refractivity contribution in [1.82, 2.24) is 15.6 Å². The highest BCUT2D eigenvalue weighted by Crippen LogP contribution is 2.43. The van der Waals surface area contributed by atoms with Crippen molar-refractivity contribution in [3.63, 3.8) is 0 Å². The van der Waals surface area contributed by atoms with Crippen molar-refractivity contribution in [2.75, 3.05) is 7.05 Å². The summed E-state index contributed by atoms with van der Waals surface area (Å²) in [4.78, 5) is 26.7. The fourth-order valence-electron chi connectivity index (χ4n) is 2.97. The van der Waals surface area contributed by atoms with Crippen LogP contribution in [0.1, 0.15) is 34.3 Å². The van der Waals surface area contributed by atoms with Crippen LogP contribution < -0.4 is 15.4 Å². The van der Waals surface area contributed by atoms with E-state index >= 15 is 0 Å². The molecule has 0 aliphatic heterocycles. The molecular weight excluding hydrogens is 387 g/mol. The van der Waals surface area contributed by atoms with Crippen molar-refractivity contribution in [3.8, 4) is 5.88 Å². The second kappa shape index (κ2) is 6.87. The number of halogens is 3. The number of amides is 2. The van der Waals surface area contributed by atoms with Gasteiger partial charge in [0, 0.05) is 36.9 Å². The minimum Gasteiger partial charge on any atom is -0.474 e. The Morgan fingerprint density at radius 1 is 1.37 bits per heavy atom. The Kier molecular flexibility index (Phi) is 4.89. The molecule has 2 aromatic rings. The van der Waals surface area contributed by atoms with Crippen LogP contribution >= 0.6 is 11.3 Å². The molecule has 1 saturated carbocycles. The molecule has 3 N–H and O–H groups in total. The first-order valence-electron chi connectivity index (χ1n) is 7.99. The van der Waals surface area contributed by atoms with Crippen LogP contribution in [0.4, 0.5) is 18.0 Å². The van der Waals surface area contributed by atoms with Crippen molar-refractivity contribution >= 4 is 33.6 Å². The molecule has 0 saturated heterocycles. The van der Waals surface area contributed by atoms with Crippen LogP contribution in [0, 0.1) is 6.92 Å². The molecule has 0 aromatic carbocycles. The topological polar surface area (TPSA) is 101 Å². The zero-order valence-electron chi connectivity index (χ0n) is 14.3. The lowest BCUT2D eigenvalue weighted by molar-refractivity contribution is -0.136. The molecule has 2 heterocycles. The Morgan fingerprint density at radius 2 is 2.04 bits per heavy atom. The molecule has 0 radical (unpaired) electrons. The van der Waals surface area contributed by atoms with E-state index in [1.54, 1.807) is 0 Å². The van der Waals surface area contributed by atoms with E-state index in [4.69, 9.17) is 9.84 Å². The number of alkyl halides is 3. The molecule has 7 nitrogen and oxygen atoms in total. The third kappa shape index (κ3) is 3.64. The average molecular weight is 403 g/mol. The molecule has 1 aliphatic rings. The summed E-state index contributed by atoms with van der Waals surface area (Å²) in [5.41, 5.74) is -1.05. The Balaban J connectivity index is 1.99. The summed E-state index contributed by atoms with van der Waals surface area (Å²) in [6.45, 7) is 1.27. The highest BCUT2D eigenvalue weighted by Gasteiger charge is 2.39. The molecule has 11 heteroatoms. The van der Waals surface area contributed by atoms with Crippen LogP contribution in [0.5, 0.6) is 5.88 Å². The number of nitrogens with zero attached hydrogens (tertiary/aromatic N) is 1. The van der Waals surface area contributed by atoms with E-state index in [9.17, 15) is 22.8 Å². The van der Waals surface area contributed by atoms with Crippen molar-refractivity contribution in [3.05, 3.63) is 22.1 Å². The summed E-state index contributed by atoms with van der Waals surface area (Å²) in [6, 6.07) is -0.304. The first kappa shape index (κ1) is 19.2. The van der Waals surface area contributed by atoms with E-state index < -0.39 is 29.8 Å². The van der Waals surface area contributed by atoms with Gasteiger partial charge in [-0.2, -0.15) is 13.2 Å². The van der Waals surface area contributed by atoms with Crippen LogP contribution in [0.2, 0.25) is 0 Å². The predicted molar refractivity (Wildman–Crippen MR) is 91.3 cm³/mol. The zero-order chi connectivity index (χ0) is 19.9. The number of rotatable bonds is 4. The van der Waals surface area contributed by atoms with E-state index in [1.807, 2.05) is 0 Å². The largest absolute Gasteiger partial charge is 0.474 e. The first-order chi connectivity index (χ1) is 12.6. The summed E-state index contributed by atoms with van der Waals surface area (Å²) >= 11 is 0.806. The standard InChI is InChI=1S/C16H16F3N3O4S/c1-6-10(16(17,18)19)12-11(9(5-27-12)13(23)20-2)22-14(6)26-8-3-7(4-8)21-15(24)25/h5,7-8,21H,3-4H2,1-2H3,(H,20,23)(H,24,25). The maximum atomic E-state index is 13.6. The maximum absolute atomic E-state index is 13.6. The third-order valence-corrected chi connectivity index (χ3v) is 5.34. The van der Waals surface area contributed by atoms with E-state index in [-0.39, 0.29) is 33.3 Å². The lowest BCUT2D eigenvalue weighted by atomic mass is 9.89. The lowest BCUT2D eigenvalue weighted by Gasteiger charge is -2.35. The SMILES string of the molecule is CNC(=O)c1csc2c(C(F)(F)F)c(C)c(OC3CC(NC(=O)O)C3)nc12. The number of carbonyl (C=O) groups is 2. The molecule has 3 rings (SSSR count). The molecule has 2 aromatic heterocycles. The number of pyridine rings is 1. The molecule has 0 unspecified atom stereocenters. The van der Waals surface area contributed by atoms with Gasteiger partial charge in [-0.3, -0.25) is 4.79 Å². The number of fused-ring (bicyclic) bond motifs is 1. The van der Waals surface area contributed by atoms with Gasteiger partial charge >= 0.3 is 12.3 Å². The Bertz CT molecular complexity index is 906. The second-order valence-corrected chi connectivity index (χ2v) is 7.06. The van der Waals surface area contributed by atoms with E-state index in [1.165, 1.54) is 19.4 Å². The Labute approximate surface area is 155 Å². The van der Waals surface area contributed by atoms with Gasteiger partial charge in [0.1, 0.15) is 6.10 Å². The van der Waals surface area contributed by atoms with Crippen molar-refractivity contribution in [1.29, 1.82) is 0 Å². The number of ether oxygens (including phenoxy) is 1. The number of carbonyl (C=O) groups excluding carboxylic acids is 1. The van der Waals surface area contributed by atoms with Gasteiger partial charge < -0.3 is 20.5 Å². The maximum Gasteiger partial charge on any atom is 0.418 e. The molecular formula is C16H16F3N3O4S. The van der Waals surface area contributed by atoms with Crippen molar-refractivity contribution < 1.29 is 32.6 Å². The zero-order valence-corrected chi connectivity index (χ0v) is 15.1. The van der Waals surface area contributed by atoms with Crippen LogP contribution in [0.3, 0.4) is 0 Å². The lowest BCUT2D eigenvalue weighted by Crippen LogP contribution is -2.48. The number of hydrogen-bond donors (Lipinski definition) is 3. The quantitative estimate of drug-likeness (QED) is 0.728. The predicted octanol–water partition coefficient (Wildman–Crippen LogP) is 3.16. The molecule has 0 spiro atoms. The number of carboxylic acid groups (broad SMARTS) is 1.